The molecular formula is C14H18ClN5OS. The largest absolute Gasteiger partial charge is 0.347 e. The highest BCUT2D eigenvalue weighted by atomic mass is 35.5. The fourth-order valence-corrected chi connectivity index (χ4v) is 3.85. The Kier molecular flexibility index (Phi) is 4.73. The molecule has 22 heavy (non-hydrogen) atoms. The van der Waals surface area contributed by atoms with Crippen LogP contribution in [0.5, 0.6) is 0 Å². The standard InChI is InChI=1S/C14H18ClN5OS/c1-8(13-17-9-4-2-3-5-10(9)22-13)16-12(21)7-6-11-18-14(15)20-19-11/h8H,2-7H2,1H3,(H,16,21)(H,18,19,20)/t8-/m0/s1. The van der Waals surface area contributed by atoms with Gasteiger partial charge in [0, 0.05) is 17.7 Å². The topological polar surface area (TPSA) is 83.6 Å². The lowest BCUT2D eigenvalue weighted by atomic mass is 10.0. The van der Waals surface area contributed by atoms with Crippen molar-refractivity contribution in [3.63, 3.8) is 0 Å². The second kappa shape index (κ2) is 6.75. The number of nitrogens with one attached hydrogen (secondary N) is 2. The third-order valence-corrected chi connectivity index (χ3v) is 5.21. The molecule has 2 N–H and O–H groups in total. The lowest BCUT2D eigenvalue weighted by molar-refractivity contribution is -0.121. The number of amides is 1. The number of rotatable bonds is 5. The van der Waals surface area contributed by atoms with Crippen molar-refractivity contribution in [2.45, 2.75) is 51.5 Å². The zero-order valence-corrected chi connectivity index (χ0v) is 13.9. The van der Waals surface area contributed by atoms with E-state index in [0.717, 1.165) is 17.8 Å². The Labute approximate surface area is 137 Å². The van der Waals surface area contributed by atoms with E-state index in [1.807, 2.05) is 6.92 Å². The van der Waals surface area contributed by atoms with Gasteiger partial charge >= 0.3 is 0 Å². The van der Waals surface area contributed by atoms with Crippen molar-refractivity contribution in [2.24, 2.45) is 0 Å². The first-order chi connectivity index (χ1) is 10.6. The predicted molar refractivity (Wildman–Crippen MR) is 85.0 cm³/mol. The Bertz CT molecular complexity index is 644. The summed E-state index contributed by atoms with van der Waals surface area (Å²) in [5.74, 6) is 0.603. The summed E-state index contributed by atoms with van der Waals surface area (Å²) < 4.78 is 0. The van der Waals surface area contributed by atoms with E-state index >= 15 is 0 Å². The number of aromatic amines is 1. The van der Waals surface area contributed by atoms with E-state index in [9.17, 15) is 4.79 Å². The number of hydrogen-bond donors (Lipinski definition) is 2. The summed E-state index contributed by atoms with van der Waals surface area (Å²) in [5.41, 5.74) is 1.23. The number of carbonyl (C=O) groups is 1. The molecule has 2 aromatic heterocycles. The van der Waals surface area contributed by atoms with Gasteiger partial charge in [-0.1, -0.05) is 0 Å². The maximum atomic E-state index is 12.0. The molecule has 0 spiro atoms. The van der Waals surface area contributed by atoms with Gasteiger partial charge < -0.3 is 5.32 Å². The number of nitrogens with zero attached hydrogens (tertiary/aromatic N) is 3. The molecule has 0 aliphatic heterocycles. The summed E-state index contributed by atoms with van der Waals surface area (Å²) in [6, 6.07) is -0.0542. The first kappa shape index (κ1) is 15.4. The molecule has 0 aromatic carbocycles. The number of halogens is 1. The van der Waals surface area contributed by atoms with Gasteiger partial charge in [0.2, 0.25) is 11.2 Å². The van der Waals surface area contributed by atoms with Gasteiger partial charge in [-0.2, -0.15) is 0 Å². The van der Waals surface area contributed by atoms with Crippen LogP contribution in [0.2, 0.25) is 5.28 Å². The van der Waals surface area contributed by atoms with Crippen molar-refractivity contribution in [3.05, 3.63) is 26.7 Å². The molecule has 0 fully saturated rings. The third-order valence-electron chi connectivity index (χ3n) is 3.70. The number of carbonyl (C=O) groups excluding carboxylic acids is 1. The molecule has 8 heteroatoms. The van der Waals surface area contributed by atoms with Crippen LogP contribution in [0.25, 0.3) is 0 Å². The fourth-order valence-electron chi connectivity index (χ4n) is 2.55. The Morgan fingerprint density at radius 2 is 2.23 bits per heavy atom. The Hall–Kier alpha value is -1.47. The van der Waals surface area contributed by atoms with E-state index in [-0.39, 0.29) is 17.2 Å². The quantitative estimate of drug-likeness (QED) is 0.877. The van der Waals surface area contributed by atoms with Gasteiger partial charge in [-0.25, -0.2) is 9.97 Å². The molecule has 2 aromatic rings. The Morgan fingerprint density at radius 1 is 1.41 bits per heavy atom. The highest BCUT2D eigenvalue weighted by Crippen LogP contribution is 2.29. The van der Waals surface area contributed by atoms with E-state index in [1.54, 1.807) is 11.3 Å². The monoisotopic (exact) mass is 339 g/mol. The van der Waals surface area contributed by atoms with E-state index in [4.69, 9.17) is 11.6 Å². The van der Waals surface area contributed by atoms with Crippen LogP contribution < -0.4 is 5.32 Å². The van der Waals surface area contributed by atoms with Crippen molar-refractivity contribution in [1.82, 2.24) is 25.5 Å². The molecule has 0 radical (unpaired) electrons. The minimum absolute atomic E-state index is 0.0202. The van der Waals surface area contributed by atoms with Crippen molar-refractivity contribution >= 4 is 28.8 Å². The predicted octanol–water partition coefficient (Wildman–Crippen LogP) is 2.60. The van der Waals surface area contributed by atoms with Gasteiger partial charge in [-0.15, -0.1) is 16.4 Å². The number of H-pyrrole nitrogens is 1. The average Bonchev–Trinajstić information content (AvgIpc) is 3.11. The molecule has 2 heterocycles. The van der Waals surface area contributed by atoms with Gasteiger partial charge in [0.05, 0.1) is 11.7 Å². The van der Waals surface area contributed by atoms with Crippen molar-refractivity contribution in [2.75, 3.05) is 0 Å². The van der Waals surface area contributed by atoms with Crippen molar-refractivity contribution in [1.29, 1.82) is 0 Å². The second-order valence-corrected chi connectivity index (χ2v) is 6.92. The Balaban J connectivity index is 1.53. The van der Waals surface area contributed by atoms with Crippen LogP contribution in [-0.2, 0) is 24.1 Å². The molecule has 0 saturated carbocycles. The van der Waals surface area contributed by atoms with Crippen LogP contribution >= 0.6 is 22.9 Å². The summed E-state index contributed by atoms with van der Waals surface area (Å²) in [7, 11) is 0. The number of hydrogen-bond acceptors (Lipinski definition) is 5. The van der Waals surface area contributed by atoms with Crippen LogP contribution in [-0.4, -0.2) is 26.1 Å². The van der Waals surface area contributed by atoms with Crippen LogP contribution in [0.4, 0.5) is 0 Å². The molecule has 1 amide bonds. The van der Waals surface area contributed by atoms with Crippen LogP contribution in [0, 0.1) is 0 Å². The number of aryl methyl sites for hydroxylation is 3. The highest BCUT2D eigenvalue weighted by molar-refractivity contribution is 7.11. The average molecular weight is 340 g/mol. The van der Waals surface area contributed by atoms with Crippen molar-refractivity contribution < 1.29 is 4.79 Å². The third kappa shape index (κ3) is 3.64. The van der Waals surface area contributed by atoms with Gasteiger partial charge in [0.1, 0.15) is 10.8 Å². The molecule has 1 aliphatic carbocycles. The van der Waals surface area contributed by atoms with E-state index in [2.05, 4.69) is 25.5 Å². The summed E-state index contributed by atoms with van der Waals surface area (Å²) in [5, 5.41) is 10.6. The van der Waals surface area contributed by atoms with Crippen molar-refractivity contribution in [3.8, 4) is 0 Å². The van der Waals surface area contributed by atoms with E-state index < -0.39 is 0 Å². The summed E-state index contributed by atoms with van der Waals surface area (Å²) >= 11 is 7.36. The second-order valence-electron chi connectivity index (χ2n) is 5.47. The SMILES string of the molecule is C[C@H](NC(=O)CCc1nc(Cl)n[nH]1)c1nc2c(s1)CCCC2. The van der Waals surface area contributed by atoms with Gasteiger partial charge in [0.15, 0.2) is 0 Å². The number of fused-ring (bicyclic) bond motifs is 1. The minimum Gasteiger partial charge on any atom is -0.347 e. The fraction of sp³-hybridized carbons (Fsp3) is 0.571. The van der Waals surface area contributed by atoms with Crippen LogP contribution in [0.3, 0.4) is 0 Å². The normalized spacial score (nSPS) is 15.4. The van der Waals surface area contributed by atoms with Gasteiger partial charge in [-0.05, 0) is 44.2 Å². The van der Waals surface area contributed by atoms with Gasteiger partial charge in [0.25, 0.3) is 0 Å². The first-order valence-corrected chi connectivity index (χ1v) is 8.66. The maximum absolute atomic E-state index is 12.0. The van der Waals surface area contributed by atoms with E-state index in [0.29, 0.717) is 18.7 Å². The molecule has 0 saturated heterocycles. The summed E-state index contributed by atoms with van der Waals surface area (Å²) in [6.45, 7) is 1.98. The van der Waals surface area contributed by atoms with Gasteiger partial charge in [-0.3, -0.25) is 9.89 Å². The molecule has 0 unspecified atom stereocenters. The molecule has 3 rings (SSSR count). The number of thiazole rings is 1. The Morgan fingerprint density at radius 3 is 2.95 bits per heavy atom. The zero-order valence-electron chi connectivity index (χ0n) is 12.4. The smallest absolute Gasteiger partial charge is 0.242 e. The van der Waals surface area contributed by atoms with E-state index in [1.165, 1.54) is 23.4 Å². The molecular weight excluding hydrogens is 322 g/mol. The van der Waals surface area contributed by atoms with Crippen LogP contribution in [0.1, 0.15) is 53.6 Å². The highest BCUT2D eigenvalue weighted by Gasteiger charge is 2.19. The summed E-state index contributed by atoms with van der Waals surface area (Å²) in [6.07, 6.45) is 5.50. The molecule has 1 atom stereocenters. The summed E-state index contributed by atoms with van der Waals surface area (Å²) in [4.78, 5) is 22.1. The first-order valence-electron chi connectivity index (χ1n) is 7.46. The zero-order chi connectivity index (χ0) is 15.5. The molecule has 6 nitrogen and oxygen atoms in total. The lowest BCUT2D eigenvalue weighted by Crippen LogP contribution is -2.26. The lowest BCUT2D eigenvalue weighted by Gasteiger charge is -2.10. The molecule has 1 aliphatic rings. The molecule has 0 bridgehead atoms. The maximum Gasteiger partial charge on any atom is 0.242 e. The minimum atomic E-state index is -0.0542. The molecule has 118 valence electrons. The van der Waals surface area contributed by atoms with Crippen LogP contribution in [0.15, 0.2) is 0 Å². The number of aromatic nitrogens is 4.